The van der Waals surface area contributed by atoms with Crippen molar-refractivity contribution in [1.82, 2.24) is 25.4 Å². The van der Waals surface area contributed by atoms with E-state index >= 15 is 0 Å². The number of carbonyl (C=O) groups excluding carboxylic acids is 2. The summed E-state index contributed by atoms with van der Waals surface area (Å²) >= 11 is 0. The highest BCUT2D eigenvalue weighted by atomic mass is 16.5. The van der Waals surface area contributed by atoms with E-state index in [1.54, 1.807) is 23.1 Å². The quantitative estimate of drug-likeness (QED) is 0.677. The van der Waals surface area contributed by atoms with Crippen LogP contribution in [0.25, 0.3) is 0 Å². The van der Waals surface area contributed by atoms with Crippen molar-refractivity contribution < 1.29 is 19.4 Å². The highest BCUT2D eigenvalue weighted by Gasteiger charge is 2.37. The molecule has 1 fully saturated rings. The number of H-pyrrole nitrogens is 1. The number of aromatic amines is 1. The third-order valence-electron chi connectivity index (χ3n) is 5.13. The van der Waals surface area contributed by atoms with E-state index in [0.717, 1.165) is 30.5 Å². The fourth-order valence-electron chi connectivity index (χ4n) is 3.68. The Balaban J connectivity index is 1.44. The SMILES string of the molecule is O=C(NCC1(O)COCCN(C(=O)c2n[nH]c3c2CCC3)C1)c1ccccn1. The van der Waals surface area contributed by atoms with Crippen molar-refractivity contribution >= 4 is 11.8 Å². The highest BCUT2D eigenvalue weighted by Crippen LogP contribution is 2.24. The molecule has 0 saturated carbocycles. The molecule has 3 heterocycles. The maximum atomic E-state index is 13.0. The molecule has 0 radical (unpaired) electrons. The van der Waals surface area contributed by atoms with E-state index in [1.807, 2.05) is 0 Å². The summed E-state index contributed by atoms with van der Waals surface area (Å²) in [5, 5.41) is 20.8. The summed E-state index contributed by atoms with van der Waals surface area (Å²) in [6.07, 6.45) is 4.28. The van der Waals surface area contributed by atoms with Gasteiger partial charge in [-0.3, -0.25) is 19.7 Å². The first kappa shape index (κ1) is 18.6. The minimum Gasteiger partial charge on any atom is -0.384 e. The van der Waals surface area contributed by atoms with Crippen LogP contribution in [0.4, 0.5) is 0 Å². The van der Waals surface area contributed by atoms with Gasteiger partial charge >= 0.3 is 0 Å². The van der Waals surface area contributed by atoms with E-state index in [-0.39, 0.29) is 37.2 Å². The monoisotopic (exact) mass is 385 g/mol. The third kappa shape index (κ3) is 3.76. The number of amides is 2. The summed E-state index contributed by atoms with van der Waals surface area (Å²) < 4.78 is 5.50. The van der Waals surface area contributed by atoms with Gasteiger partial charge in [-0.15, -0.1) is 0 Å². The lowest BCUT2D eigenvalue weighted by molar-refractivity contribution is -0.0324. The molecule has 0 spiro atoms. The number of aliphatic hydroxyl groups is 1. The van der Waals surface area contributed by atoms with Gasteiger partial charge in [0.05, 0.1) is 26.3 Å². The van der Waals surface area contributed by atoms with Gasteiger partial charge in [-0.25, -0.2) is 0 Å². The van der Waals surface area contributed by atoms with Crippen molar-refractivity contribution in [2.45, 2.75) is 24.9 Å². The minimum absolute atomic E-state index is 0.0257. The summed E-state index contributed by atoms with van der Waals surface area (Å²) in [5.74, 6) is -0.611. The van der Waals surface area contributed by atoms with Gasteiger partial charge in [0.25, 0.3) is 11.8 Å². The van der Waals surface area contributed by atoms with Gasteiger partial charge in [0, 0.05) is 24.0 Å². The smallest absolute Gasteiger partial charge is 0.274 e. The summed E-state index contributed by atoms with van der Waals surface area (Å²) in [4.78, 5) is 30.8. The maximum Gasteiger partial charge on any atom is 0.274 e. The Kier molecular flexibility index (Phi) is 5.10. The van der Waals surface area contributed by atoms with Crippen molar-refractivity contribution in [1.29, 1.82) is 0 Å². The largest absolute Gasteiger partial charge is 0.384 e. The average Bonchev–Trinajstić information content (AvgIpc) is 3.27. The number of nitrogens with one attached hydrogen (secondary N) is 2. The van der Waals surface area contributed by atoms with Crippen molar-refractivity contribution in [2.75, 3.05) is 32.8 Å². The van der Waals surface area contributed by atoms with Crippen molar-refractivity contribution in [3.8, 4) is 0 Å². The fraction of sp³-hybridized carbons (Fsp3) is 0.474. The molecule has 148 valence electrons. The van der Waals surface area contributed by atoms with Crippen LogP contribution in [0.3, 0.4) is 0 Å². The predicted molar refractivity (Wildman–Crippen MR) is 98.9 cm³/mol. The zero-order chi connectivity index (χ0) is 19.6. The lowest BCUT2D eigenvalue weighted by Gasteiger charge is -2.30. The van der Waals surface area contributed by atoms with E-state index in [9.17, 15) is 14.7 Å². The molecule has 1 saturated heterocycles. The van der Waals surface area contributed by atoms with Gasteiger partial charge in [-0.2, -0.15) is 5.10 Å². The molecule has 2 aliphatic rings. The molecule has 1 atom stereocenters. The Labute approximate surface area is 162 Å². The van der Waals surface area contributed by atoms with Crippen molar-refractivity contribution in [3.05, 3.63) is 47.0 Å². The summed E-state index contributed by atoms with van der Waals surface area (Å²) in [6.45, 7) is 0.699. The van der Waals surface area contributed by atoms with E-state index in [1.165, 1.54) is 6.20 Å². The second kappa shape index (κ2) is 7.69. The molecule has 4 rings (SSSR count). The van der Waals surface area contributed by atoms with Crippen LogP contribution in [-0.2, 0) is 17.6 Å². The molecule has 1 aliphatic carbocycles. The molecular formula is C19H23N5O4. The number of β-amino-alcohol motifs (C(OH)–C–C–N with tert-alkyl or cyclic N) is 1. The number of nitrogens with zero attached hydrogens (tertiary/aromatic N) is 3. The number of ether oxygens (including phenoxy) is 1. The Hall–Kier alpha value is -2.78. The van der Waals surface area contributed by atoms with Crippen molar-refractivity contribution in [3.63, 3.8) is 0 Å². The van der Waals surface area contributed by atoms with Crippen LogP contribution < -0.4 is 5.32 Å². The van der Waals surface area contributed by atoms with Gasteiger partial charge in [-0.1, -0.05) is 6.07 Å². The lowest BCUT2D eigenvalue weighted by Crippen LogP contribution is -2.53. The van der Waals surface area contributed by atoms with Crippen LogP contribution in [0.15, 0.2) is 24.4 Å². The summed E-state index contributed by atoms with van der Waals surface area (Å²) in [5.41, 5.74) is 1.29. The average molecular weight is 385 g/mol. The van der Waals surface area contributed by atoms with Crippen molar-refractivity contribution in [2.24, 2.45) is 0 Å². The van der Waals surface area contributed by atoms with Crippen LogP contribution in [0.2, 0.25) is 0 Å². The second-order valence-corrected chi connectivity index (χ2v) is 7.28. The fourth-order valence-corrected chi connectivity index (χ4v) is 3.68. The molecule has 28 heavy (non-hydrogen) atoms. The molecule has 2 aromatic rings. The Morgan fingerprint density at radius 3 is 3.07 bits per heavy atom. The topological polar surface area (TPSA) is 120 Å². The molecule has 9 nitrogen and oxygen atoms in total. The van der Waals surface area contributed by atoms with Gasteiger partial charge in [0.15, 0.2) is 5.69 Å². The Bertz CT molecular complexity index is 868. The second-order valence-electron chi connectivity index (χ2n) is 7.28. The lowest BCUT2D eigenvalue weighted by atomic mass is 10.0. The molecule has 0 bridgehead atoms. The van der Waals surface area contributed by atoms with Crippen LogP contribution in [0, 0.1) is 0 Å². The Morgan fingerprint density at radius 1 is 1.36 bits per heavy atom. The molecule has 2 aromatic heterocycles. The number of aryl methyl sites for hydroxylation is 1. The molecule has 2 amide bonds. The van der Waals surface area contributed by atoms with Crippen LogP contribution in [-0.4, -0.2) is 75.5 Å². The standard InChI is InChI=1S/C19H23N5O4/c25-17(15-5-1-2-7-20-15)21-10-19(27)11-24(8-9-28-12-19)18(26)16-13-4-3-6-14(13)22-23-16/h1-2,5,7,27H,3-4,6,8-12H2,(H,21,25)(H,22,23). The van der Waals surface area contributed by atoms with E-state index in [4.69, 9.17) is 4.74 Å². The van der Waals surface area contributed by atoms with Gasteiger partial charge < -0.3 is 20.1 Å². The van der Waals surface area contributed by atoms with E-state index < -0.39 is 5.60 Å². The first-order valence-electron chi connectivity index (χ1n) is 9.40. The molecule has 1 unspecified atom stereocenters. The van der Waals surface area contributed by atoms with Crippen LogP contribution in [0.1, 0.15) is 38.7 Å². The van der Waals surface area contributed by atoms with E-state index in [0.29, 0.717) is 18.8 Å². The number of hydrogen-bond donors (Lipinski definition) is 3. The first-order chi connectivity index (χ1) is 13.6. The summed E-state index contributed by atoms with van der Waals surface area (Å²) in [7, 11) is 0. The van der Waals surface area contributed by atoms with Gasteiger partial charge in [0.2, 0.25) is 0 Å². The third-order valence-corrected chi connectivity index (χ3v) is 5.13. The normalized spacial score (nSPS) is 21.8. The molecular weight excluding hydrogens is 362 g/mol. The molecule has 1 aliphatic heterocycles. The number of rotatable bonds is 4. The molecule has 3 N–H and O–H groups in total. The minimum atomic E-state index is -1.39. The number of fused-ring (bicyclic) bond motifs is 1. The van der Waals surface area contributed by atoms with Gasteiger partial charge in [-0.05, 0) is 31.4 Å². The van der Waals surface area contributed by atoms with Crippen LogP contribution >= 0.6 is 0 Å². The maximum absolute atomic E-state index is 13.0. The number of pyridine rings is 1. The highest BCUT2D eigenvalue weighted by molar-refractivity contribution is 5.94. The zero-order valence-electron chi connectivity index (χ0n) is 15.5. The first-order valence-corrected chi connectivity index (χ1v) is 9.40. The number of carbonyl (C=O) groups is 2. The predicted octanol–water partition coefficient (Wildman–Crippen LogP) is -0.0731. The van der Waals surface area contributed by atoms with Crippen LogP contribution in [0.5, 0.6) is 0 Å². The number of aromatic nitrogens is 3. The van der Waals surface area contributed by atoms with E-state index in [2.05, 4.69) is 20.5 Å². The zero-order valence-corrected chi connectivity index (χ0v) is 15.5. The summed E-state index contributed by atoms with van der Waals surface area (Å²) in [6, 6.07) is 5.03. The molecule has 0 aromatic carbocycles. The number of hydrogen-bond acceptors (Lipinski definition) is 6. The molecule has 9 heteroatoms. The Morgan fingerprint density at radius 2 is 2.25 bits per heavy atom. The van der Waals surface area contributed by atoms with Gasteiger partial charge in [0.1, 0.15) is 11.3 Å².